The maximum absolute atomic E-state index is 13.6. The number of rotatable bonds is 6. The first-order valence-corrected chi connectivity index (χ1v) is 12.9. The molecule has 3 aromatic rings. The predicted molar refractivity (Wildman–Crippen MR) is 146 cm³/mol. The number of nitrogen functional groups attached to an aromatic ring is 1. The first-order valence-electron chi connectivity index (χ1n) is 11.0. The van der Waals surface area contributed by atoms with E-state index in [1.807, 2.05) is 30.3 Å². The Bertz CT molecular complexity index is 1200. The van der Waals surface area contributed by atoms with Gasteiger partial charge >= 0.3 is 6.18 Å². The summed E-state index contributed by atoms with van der Waals surface area (Å²) in [5.41, 5.74) is 8.82. The number of halogens is 5. The van der Waals surface area contributed by atoms with Gasteiger partial charge in [-0.1, -0.05) is 63.2 Å². The Kier molecular flexibility index (Phi) is 8.57. The Labute approximate surface area is 226 Å². The third-order valence-corrected chi connectivity index (χ3v) is 7.01. The van der Waals surface area contributed by atoms with Crippen LogP contribution in [0.25, 0.3) is 0 Å². The molecule has 0 aliphatic heterocycles. The van der Waals surface area contributed by atoms with Crippen molar-refractivity contribution in [3.63, 3.8) is 0 Å². The second-order valence-corrected chi connectivity index (χ2v) is 11.6. The molecule has 0 aromatic heterocycles. The molecular weight excluding hydrogens is 632 g/mol. The van der Waals surface area contributed by atoms with E-state index in [9.17, 15) is 18.0 Å². The Morgan fingerprint density at radius 1 is 0.971 bits per heavy atom. The first-order chi connectivity index (χ1) is 16.3. The maximum atomic E-state index is 13.6. The lowest BCUT2D eigenvalue weighted by atomic mass is 9.87. The molecule has 8 heteroatoms. The molecule has 0 bridgehead atoms. The van der Waals surface area contributed by atoms with Crippen LogP contribution in [0.1, 0.15) is 53.4 Å². The number of amides is 1. The standard InChI is InChI=1S/C27H27BrF3IN2O/c1-26(2,3)19-9-7-18(8-10-19)16-34(25(35)22-14-21(32)15-23(28)24(22)33)12-11-17-5-4-6-20(13-17)27(29,30)31/h4-10,13-15H,11-12,16,33H2,1-3H3. The van der Waals surface area contributed by atoms with Gasteiger partial charge in [-0.2, -0.15) is 13.2 Å². The summed E-state index contributed by atoms with van der Waals surface area (Å²) in [5, 5.41) is 0. The quantitative estimate of drug-likeness (QED) is 0.217. The molecule has 0 radical (unpaired) electrons. The second kappa shape index (κ2) is 10.9. The number of nitrogens with two attached hydrogens (primary N) is 1. The van der Waals surface area contributed by atoms with Crippen molar-refractivity contribution in [1.82, 2.24) is 4.90 Å². The van der Waals surface area contributed by atoms with Crippen molar-refractivity contribution in [2.75, 3.05) is 12.3 Å². The molecule has 0 heterocycles. The molecule has 3 nitrogen and oxygen atoms in total. The van der Waals surface area contributed by atoms with E-state index in [4.69, 9.17) is 5.73 Å². The van der Waals surface area contributed by atoms with Crippen LogP contribution in [0.3, 0.4) is 0 Å². The van der Waals surface area contributed by atoms with Crippen LogP contribution in [0, 0.1) is 3.57 Å². The number of anilines is 1. The van der Waals surface area contributed by atoms with Gasteiger partial charge in [0.25, 0.3) is 5.91 Å². The molecule has 2 N–H and O–H groups in total. The number of benzene rings is 3. The third-order valence-electron chi connectivity index (χ3n) is 5.73. The molecule has 0 unspecified atom stereocenters. The molecule has 186 valence electrons. The Balaban J connectivity index is 1.90. The third kappa shape index (κ3) is 7.22. The topological polar surface area (TPSA) is 46.3 Å². The van der Waals surface area contributed by atoms with Gasteiger partial charge in [-0.3, -0.25) is 4.79 Å². The number of carbonyl (C=O) groups excluding carboxylic acids is 1. The van der Waals surface area contributed by atoms with Crippen molar-refractivity contribution in [3.8, 4) is 0 Å². The predicted octanol–water partition coefficient (Wildman–Crippen LogP) is 7.84. The zero-order chi connectivity index (χ0) is 26.0. The van der Waals surface area contributed by atoms with E-state index in [-0.39, 0.29) is 24.3 Å². The van der Waals surface area contributed by atoms with E-state index >= 15 is 0 Å². The minimum absolute atomic E-state index is 0.00100. The van der Waals surface area contributed by atoms with Crippen molar-refractivity contribution < 1.29 is 18.0 Å². The summed E-state index contributed by atoms with van der Waals surface area (Å²) >= 11 is 5.52. The summed E-state index contributed by atoms with van der Waals surface area (Å²) in [7, 11) is 0. The monoisotopic (exact) mass is 658 g/mol. The molecule has 0 saturated carbocycles. The van der Waals surface area contributed by atoms with Crippen LogP contribution in [0.4, 0.5) is 18.9 Å². The molecule has 0 spiro atoms. The van der Waals surface area contributed by atoms with Crippen LogP contribution < -0.4 is 5.73 Å². The smallest absolute Gasteiger partial charge is 0.397 e. The maximum Gasteiger partial charge on any atom is 0.416 e. The molecular formula is C27H27BrF3IN2O. The summed E-state index contributed by atoms with van der Waals surface area (Å²) in [6.07, 6.45) is -4.14. The average Bonchev–Trinajstić information content (AvgIpc) is 2.78. The molecule has 0 fully saturated rings. The zero-order valence-electron chi connectivity index (χ0n) is 19.7. The van der Waals surface area contributed by atoms with Gasteiger partial charge in [-0.05, 0) is 85.2 Å². The number of alkyl halides is 3. The van der Waals surface area contributed by atoms with E-state index in [2.05, 4.69) is 59.3 Å². The highest BCUT2D eigenvalue weighted by atomic mass is 127. The van der Waals surface area contributed by atoms with Gasteiger partial charge in [0.1, 0.15) is 0 Å². The molecule has 0 aliphatic carbocycles. The van der Waals surface area contributed by atoms with Gasteiger partial charge < -0.3 is 10.6 Å². The van der Waals surface area contributed by atoms with Gasteiger partial charge in [0.05, 0.1) is 16.8 Å². The SMILES string of the molecule is CC(C)(C)c1ccc(CN(CCc2cccc(C(F)(F)F)c2)C(=O)c2cc(I)cc(Br)c2N)cc1. The number of hydrogen-bond acceptors (Lipinski definition) is 2. The van der Waals surface area contributed by atoms with Gasteiger partial charge in [0, 0.05) is 21.1 Å². The lowest BCUT2D eigenvalue weighted by molar-refractivity contribution is -0.137. The Hall–Kier alpha value is -2.07. The van der Waals surface area contributed by atoms with Crippen LogP contribution in [0.15, 0.2) is 65.1 Å². The van der Waals surface area contributed by atoms with Crippen LogP contribution in [0.2, 0.25) is 0 Å². The summed E-state index contributed by atoms with van der Waals surface area (Å²) < 4.78 is 40.9. The summed E-state index contributed by atoms with van der Waals surface area (Å²) in [6.45, 7) is 6.94. The summed E-state index contributed by atoms with van der Waals surface area (Å²) in [4.78, 5) is 15.2. The van der Waals surface area contributed by atoms with Gasteiger partial charge in [-0.25, -0.2) is 0 Å². The molecule has 1 amide bonds. The zero-order valence-corrected chi connectivity index (χ0v) is 23.5. The van der Waals surface area contributed by atoms with E-state index in [0.717, 1.165) is 21.3 Å². The van der Waals surface area contributed by atoms with Gasteiger partial charge in [0.15, 0.2) is 0 Å². The van der Waals surface area contributed by atoms with Crippen LogP contribution >= 0.6 is 38.5 Å². The van der Waals surface area contributed by atoms with Gasteiger partial charge in [0.2, 0.25) is 0 Å². The van der Waals surface area contributed by atoms with Crippen molar-refractivity contribution in [1.29, 1.82) is 0 Å². The highest BCUT2D eigenvalue weighted by molar-refractivity contribution is 14.1. The fraction of sp³-hybridized carbons (Fsp3) is 0.296. The normalized spacial score (nSPS) is 12.0. The summed E-state index contributed by atoms with van der Waals surface area (Å²) in [5.74, 6) is -0.270. The van der Waals surface area contributed by atoms with E-state index in [1.54, 1.807) is 17.0 Å². The lowest BCUT2D eigenvalue weighted by Crippen LogP contribution is -2.33. The van der Waals surface area contributed by atoms with E-state index in [0.29, 0.717) is 27.8 Å². The number of carbonyl (C=O) groups is 1. The van der Waals surface area contributed by atoms with Crippen LogP contribution in [0.5, 0.6) is 0 Å². The van der Waals surface area contributed by atoms with Crippen LogP contribution in [-0.4, -0.2) is 17.4 Å². The second-order valence-electron chi connectivity index (χ2n) is 9.47. The molecule has 0 atom stereocenters. The highest BCUT2D eigenvalue weighted by Crippen LogP contribution is 2.31. The van der Waals surface area contributed by atoms with Gasteiger partial charge in [-0.15, -0.1) is 0 Å². The fourth-order valence-corrected chi connectivity index (χ4v) is 5.19. The number of hydrogen-bond donors (Lipinski definition) is 1. The van der Waals surface area contributed by atoms with Crippen molar-refractivity contribution in [2.24, 2.45) is 0 Å². The minimum Gasteiger partial charge on any atom is -0.397 e. The Morgan fingerprint density at radius 2 is 1.63 bits per heavy atom. The molecule has 3 rings (SSSR count). The molecule has 35 heavy (non-hydrogen) atoms. The minimum atomic E-state index is -4.41. The largest absolute Gasteiger partial charge is 0.416 e. The van der Waals surface area contributed by atoms with E-state index < -0.39 is 11.7 Å². The number of nitrogens with zero attached hydrogens (tertiary/aromatic N) is 1. The van der Waals surface area contributed by atoms with Crippen molar-refractivity contribution >= 4 is 50.1 Å². The molecule has 0 aliphatic rings. The van der Waals surface area contributed by atoms with Crippen LogP contribution in [-0.2, 0) is 24.6 Å². The average molecular weight is 659 g/mol. The Morgan fingerprint density at radius 3 is 2.23 bits per heavy atom. The van der Waals surface area contributed by atoms with Crippen molar-refractivity contribution in [3.05, 3.63) is 96.5 Å². The van der Waals surface area contributed by atoms with E-state index in [1.165, 1.54) is 11.6 Å². The molecule has 3 aromatic carbocycles. The first kappa shape index (κ1) is 27.5. The lowest BCUT2D eigenvalue weighted by Gasteiger charge is -2.25. The van der Waals surface area contributed by atoms with Crippen molar-refractivity contribution in [2.45, 2.75) is 45.3 Å². The molecule has 0 saturated heterocycles. The fourth-order valence-electron chi connectivity index (χ4n) is 3.68. The highest BCUT2D eigenvalue weighted by Gasteiger charge is 2.30. The summed E-state index contributed by atoms with van der Waals surface area (Å²) in [6, 6.07) is 16.8.